The Hall–Kier alpha value is -2.96. The number of rotatable bonds is 4. The minimum absolute atomic E-state index is 0.0713. The average molecular weight is 354 g/mol. The van der Waals surface area contributed by atoms with Gasteiger partial charge in [-0.1, -0.05) is 6.92 Å². The number of nitrogens with zero attached hydrogens (tertiary/aromatic N) is 3. The molecule has 2 aromatic rings. The molecule has 0 saturated carbocycles. The van der Waals surface area contributed by atoms with Gasteiger partial charge < -0.3 is 15.0 Å². The molecule has 7 nitrogen and oxygen atoms in total. The molecule has 1 aromatic heterocycles. The second-order valence-electron chi connectivity index (χ2n) is 6.48. The third kappa shape index (κ3) is 4.17. The standard InChI is InChI=1S/C19H22N4O3/c1-13-4-3-9-23(12-13)18(24)16-10-21-17(11-20-16)22-15-7-5-14(6-8-15)19(25)26-2/h5-8,10-11,13H,3-4,9,12H2,1-2H3,(H,21,22). The Labute approximate surface area is 152 Å². The normalized spacial score (nSPS) is 16.8. The monoisotopic (exact) mass is 354 g/mol. The number of hydrogen-bond acceptors (Lipinski definition) is 6. The molecule has 1 amide bonds. The van der Waals surface area contributed by atoms with Crippen molar-refractivity contribution in [2.45, 2.75) is 19.8 Å². The van der Waals surface area contributed by atoms with Crippen LogP contribution in [-0.2, 0) is 4.74 Å². The van der Waals surface area contributed by atoms with Crippen molar-refractivity contribution in [3.63, 3.8) is 0 Å². The predicted octanol–water partition coefficient (Wildman–Crippen LogP) is 2.88. The van der Waals surface area contributed by atoms with E-state index >= 15 is 0 Å². The molecule has 3 rings (SSSR count). The first-order valence-corrected chi connectivity index (χ1v) is 8.63. The molecule has 1 aromatic carbocycles. The highest BCUT2D eigenvalue weighted by Gasteiger charge is 2.23. The summed E-state index contributed by atoms with van der Waals surface area (Å²) in [5.41, 5.74) is 1.59. The molecule has 7 heteroatoms. The van der Waals surface area contributed by atoms with Crippen molar-refractivity contribution in [3.8, 4) is 0 Å². The van der Waals surface area contributed by atoms with E-state index in [9.17, 15) is 9.59 Å². The van der Waals surface area contributed by atoms with Gasteiger partial charge in [-0.15, -0.1) is 0 Å². The van der Waals surface area contributed by atoms with E-state index in [4.69, 9.17) is 0 Å². The maximum Gasteiger partial charge on any atom is 0.337 e. The number of aromatic nitrogens is 2. The van der Waals surface area contributed by atoms with Crippen LogP contribution in [0.1, 0.15) is 40.6 Å². The van der Waals surface area contributed by atoms with Crippen molar-refractivity contribution in [2.75, 3.05) is 25.5 Å². The molecule has 0 spiro atoms. The van der Waals surface area contributed by atoms with Crippen LogP contribution in [0.25, 0.3) is 0 Å². The van der Waals surface area contributed by atoms with Gasteiger partial charge in [0.25, 0.3) is 5.91 Å². The lowest BCUT2D eigenvalue weighted by Crippen LogP contribution is -2.39. The van der Waals surface area contributed by atoms with Crippen LogP contribution in [0.4, 0.5) is 11.5 Å². The molecule has 1 aliphatic rings. The van der Waals surface area contributed by atoms with Crippen molar-refractivity contribution >= 4 is 23.4 Å². The number of nitrogens with one attached hydrogen (secondary N) is 1. The van der Waals surface area contributed by atoms with E-state index in [2.05, 4.69) is 26.9 Å². The molecule has 136 valence electrons. The third-order valence-electron chi connectivity index (χ3n) is 4.39. The second kappa shape index (κ2) is 7.95. The number of anilines is 2. The highest BCUT2D eigenvalue weighted by atomic mass is 16.5. The van der Waals surface area contributed by atoms with E-state index in [1.54, 1.807) is 24.3 Å². The first kappa shape index (κ1) is 17.8. The maximum absolute atomic E-state index is 12.5. The Morgan fingerprint density at radius 1 is 1.19 bits per heavy atom. The number of piperidine rings is 1. The van der Waals surface area contributed by atoms with Crippen molar-refractivity contribution in [2.24, 2.45) is 5.92 Å². The zero-order valence-corrected chi connectivity index (χ0v) is 14.9. The molecule has 0 radical (unpaired) electrons. The summed E-state index contributed by atoms with van der Waals surface area (Å²) < 4.78 is 4.67. The van der Waals surface area contributed by atoms with Crippen LogP contribution in [0, 0.1) is 5.92 Å². The van der Waals surface area contributed by atoms with Gasteiger partial charge in [-0.2, -0.15) is 0 Å². The molecule has 1 atom stereocenters. The number of carbonyl (C=O) groups excluding carboxylic acids is 2. The van der Waals surface area contributed by atoms with Gasteiger partial charge in [0, 0.05) is 18.8 Å². The molecule has 26 heavy (non-hydrogen) atoms. The molecule has 1 N–H and O–H groups in total. The van der Waals surface area contributed by atoms with E-state index in [-0.39, 0.29) is 11.9 Å². The lowest BCUT2D eigenvalue weighted by Gasteiger charge is -2.30. The minimum atomic E-state index is -0.383. The summed E-state index contributed by atoms with van der Waals surface area (Å²) in [5.74, 6) is 0.596. The predicted molar refractivity (Wildman–Crippen MR) is 97.4 cm³/mol. The Morgan fingerprint density at radius 2 is 1.96 bits per heavy atom. The van der Waals surface area contributed by atoms with Crippen molar-refractivity contribution in [1.82, 2.24) is 14.9 Å². The van der Waals surface area contributed by atoms with E-state index < -0.39 is 0 Å². The molecule has 2 heterocycles. The lowest BCUT2D eigenvalue weighted by atomic mass is 10.0. The largest absolute Gasteiger partial charge is 0.465 e. The number of ether oxygens (including phenoxy) is 1. The summed E-state index contributed by atoms with van der Waals surface area (Å²) in [6, 6.07) is 6.83. The highest BCUT2D eigenvalue weighted by molar-refractivity contribution is 5.92. The summed E-state index contributed by atoms with van der Waals surface area (Å²) in [4.78, 5) is 34.3. The SMILES string of the molecule is COC(=O)c1ccc(Nc2cnc(C(=O)N3CCCC(C)C3)cn2)cc1. The molecular weight excluding hydrogens is 332 g/mol. The Morgan fingerprint density at radius 3 is 2.58 bits per heavy atom. The van der Waals surface area contributed by atoms with Crippen LogP contribution in [0.3, 0.4) is 0 Å². The van der Waals surface area contributed by atoms with E-state index in [0.29, 0.717) is 23.0 Å². The number of benzene rings is 1. The van der Waals surface area contributed by atoms with Crippen LogP contribution in [-0.4, -0.2) is 46.9 Å². The lowest BCUT2D eigenvalue weighted by molar-refractivity contribution is 0.0600. The van der Waals surface area contributed by atoms with E-state index in [1.807, 2.05) is 4.90 Å². The van der Waals surface area contributed by atoms with Crippen molar-refractivity contribution in [3.05, 3.63) is 47.9 Å². The first-order valence-electron chi connectivity index (χ1n) is 8.63. The number of carbonyl (C=O) groups is 2. The van der Waals surface area contributed by atoms with E-state index in [0.717, 1.165) is 31.6 Å². The number of hydrogen-bond donors (Lipinski definition) is 1. The molecule has 1 unspecified atom stereocenters. The van der Waals surface area contributed by atoms with Crippen molar-refractivity contribution in [1.29, 1.82) is 0 Å². The molecule has 1 aliphatic heterocycles. The number of esters is 1. The quantitative estimate of drug-likeness (QED) is 0.850. The Balaban J connectivity index is 1.64. The van der Waals surface area contributed by atoms with Crippen LogP contribution in [0.15, 0.2) is 36.7 Å². The van der Waals surface area contributed by atoms with Crippen LogP contribution >= 0.6 is 0 Å². The summed E-state index contributed by atoms with van der Waals surface area (Å²) in [5, 5.41) is 3.09. The topological polar surface area (TPSA) is 84.4 Å². The van der Waals surface area contributed by atoms with Gasteiger partial charge in [-0.25, -0.2) is 14.8 Å². The molecule has 1 saturated heterocycles. The molecular formula is C19H22N4O3. The van der Waals surface area contributed by atoms with Gasteiger partial charge in [-0.05, 0) is 43.0 Å². The number of methoxy groups -OCH3 is 1. The van der Waals surface area contributed by atoms with Crippen molar-refractivity contribution < 1.29 is 14.3 Å². The number of amides is 1. The molecule has 0 bridgehead atoms. The van der Waals surface area contributed by atoms with Gasteiger partial charge >= 0.3 is 5.97 Å². The summed E-state index contributed by atoms with van der Waals surface area (Å²) in [6.07, 6.45) is 5.22. The zero-order valence-electron chi connectivity index (χ0n) is 14.9. The van der Waals surface area contributed by atoms with Gasteiger partial charge in [0.05, 0.1) is 25.1 Å². The number of likely N-dealkylation sites (tertiary alicyclic amines) is 1. The Kier molecular flexibility index (Phi) is 5.46. The third-order valence-corrected chi connectivity index (χ3v) is 4.39. The van der Waals surface area contributed by atoms with Gasteiger partial charge in [0.2, 0.25) is 0 Å². The smallest absolute Gasteiger partial charge is 0.337 e. The van der Waals surface area contributed by atoms with Crippen LogP contribution in [0.5, 0.6) is 0 Å². The first-order chi connectivity index (χ1) is 12.6. The van der Waals surface area contributed by atoms with Crippen LogP contribution < -0.4 is 5.32 Å². The van der Waals surface area contributed by atoms with Crippen LogP contribution in [0.2, 0.25) is 0 Å². The van der Waals surface area contributed by atoms with Gasteiger partial charge in [0.15, 0.2) is 0 Å². The molecule has 1 fully saturated rings. The second-order valence-corrected chi connectivity index (χ2v) is 6.48. The summed E-state index contributed by atoms with van der Waals surface area (Å²) >= 11 is 0. The fraction of sp³-hybridized carbons (Fsp3) is 0.368. The highest BCUT2D eigenvalue weighted by Crippen LogP contribution is 2.18. The average Bonchev–Trinajstić information content (AvgIpc) is 2.68. The fourth-order valence-corrected chi connectivity index (χ4v) is 2.99. The van der Waals surface area contributed by atoms with Gasteiger partial charge in [0.1, 0.15) is 11.5 Å². The summed E-state index contributed by atoms with van der Waals surface area (Å²) in [6.45, 7) is 3.70. The summed E-state index contributed by atoms with van der Waals surface area (Å²) in [7, 11) is 1.34. The maximum atomic E-state index is 12.5. The minimum Gasteiger partial charge on any atom is -0.465 e. The Bertz CT molecular complexity index is 774. The fourth-order valence-electron chi connectivity index (χ4n) is 2.99. The van der Waals surface area contributed by atoms with Gasteiger partial charge in [-0.3, -0.25) is 4.79 Å². The zero-order chi connectivity index (χ0) is 18.5. The molecule has 0 aliphatic carbocycles. The van der Waals surface area contributed by atoms with E-state index in [1.165, 1.54) is 19.5 Å².